The Morgan fingerprint density at radius 3 is 2.92 bits per heavy atom. The Bertz CT molecular complexity index is 206. The number of carbonyl (C=O) groups is 2. The molecule has 0 radical (unpaired) electrons. The van der Waals surface area contributed by atoms with Crippen LogP contribution in [0.3, 0.4) is 0 Å². The molecule has 0 spiro atoms. The zero-order valence-electron chi connectivity index (χ0n) is 6.40. The van der Waals surface area contributed by atoms with Gasteiger partial charge in [-0.15, -0.1) is 5.06 Å². The number of nitrogens with zero attached hydrogens (tertiary/aromatic N) is 1. The van der Waals surface area contributed by atoms with Gasteiger partial charge in [-0.25, -0.2) is 4.79 Å². The first-order chi connectivity index (χ1) is 5.65. The molecule has 3 N–H and O–H groups in total. The predicted octanol–water partition coefficient (Wildman–Crippen LogP) is -1.66. The largest absolute Gasteiger partial charge is 0.370 e. The van der Waals surface area contributed by atoms with Crippen LogP contribution in [0, 0.1) is 0 Å². The molecule has 1 amide bonds. The number of aliphatic hydroxyl groups excluding tert-OH is 1. The molecule has 1 atom stereocenters. The van der Waals surface area contributed by atoms with Crippen molar-refractivity contribution in [2.24, 2.45) is 5.73 Å². The van der Waals surface area contributed by atoms with Crippen LogP contribution in [0.2, 0.25) is 0 Å². The average Bonchev–Trinajstić information content (AvgIpc) is 2.35. The van der Waals surface area contributed by atoms with Gasteiger partial charge in [0.1, 0.15) is 0 Å². The summed E-state index contributed by atoms with van der Waals surface area (Å²) in [4.78, 5) is 25.9. The average molecular weight is 174 g/mol. The van der Waals surface area contributed by atoms with E-state index in [9.17, 15) is 9.59 Å². The summed E-state index contributed by atoms with van der Waals surface area (Å²) in [5.74, 6) is -1.13. The third-order valence-electron chi connectivity index (χ3n) is 1.50. The molecular weight excluding hydrogens is 164 g/mol. The number of nitrogens with two attached hydrogens (primary N) is 1. The first kappa shape index (κ1) is 8.95. The molecule has 1 aliphatic rings. The third kappa shape index (κ3) is 1.72. The lowest BCUT2D eigenvalue weighted by Crippen LogP contribution is -2.37. The smallest absolute Gasteiger partial charge is 0.346 e. The van der Waals surface area contributed by atoms with E-state index in [1.807, 2.05) is 0 Å². The fourth-order valence-electron chi connectivity index (χ4n) is 0.905. The Balaban J connectivity index is 2.50. The normalized spacial score (nSPS) is 23.0. The highest BCUT2D eigenvalue weighted by Gasteiger charge is 2.32. The molecule has 1 saturated heterocycles. The van der Waals surface area contributed by atoms with E-state index in [-0.39, 0.29) is 19.4 Å². The quantitative estimate of drug-likeness (QED) is 0.523. The molecule has 12 heavy (non-hydrogen) atoms. The zero-order chi connectivity index (χ0) is 9.14. The Labute approximate surface area is 68.8 Å². The number of amides is 1. The van der Waals surface area contributed by atoms with E-state index < -0.39 is 18.1 Å². The minimum atomic E-state index is -1.02. The van der Waals surface area contributed by atoms with Crippen LogP contribution in [0.25, 0.3) is 0 Å². The van der Waals surface area contributed by atoms with E-state index in [0.29, 0.717) is 5.06 Å². The van der Waals surface area contributed by atoms with Gasteiger partial charge in [0.25, 0.3) is 5.91 Å². The summed E-state index contributed by atoms with van der Waals surface area (Å²) in [6, 6.07) is 0. The van der Waals surface area contributed by atoms with E-state index >= 15 is 0 Å². The molecular formula is C6H10N2O4. The molecule has 1 aliphatic heterocycles. The highest BCUT2D eigenvalue weighted by molar-refractivity contribution is 5.80. The third-order valence-corrected chi connectivity index (χ3v) is 1.50. The number of rotatable bonds is 2. The molecule has 6 heteroatoms. The Morgan fingerprint density at radius 1 is 1.83 bits per heavy atom. The maximum Gasteiger partial charge on any atom is 0.346 e. The van der Waals surface area contributed by atoms with Crippen molar-refractivity contribution in [2.45, 2.75) is 19.1 Å². The van der Waals surface area contributed by atoms with E-state index in [4.69, 9.17) is 10.8 Å². The lowest BCUT2D eigenvalue weighted by Gasteiger charge is -2.17. The number of aliphatic hydroxyl groups is 1. The van der Waals surface area contributed by atoms with Crippen molar-refractivity contribution < 1.29 is 19.5 Å². The summed E-state index contributed by atoms with van der Waals surface area (Å²) >= 11 is 0. The van der Waals surface area contributed by atoms with Gasteiger partial charge in [0, 0.05) is 12.8 Å². The van der Waals surface area contributed by atoms with Gasteiger partial charge >= 0.3 is 5.97 Å². The monoisotopic (exact) mass is 174 g/mol. The number of carbonyl (C=O) groups excluding carboxylic acids is 2. The SMILES string of the molecule is NCC(=O)ON1C(=O)CCC1O. The highest BCUT2D eigenvalue weighted by atomic mass is 16.7. The molecule has 1 fully saturated rings. The van der Waals surface area contributed by atoms with Crippen LogP contribution in [0.5, 0.6) is 0 Å². The summed E-state index contributed by atoms with van der Waals surface area (Å²) in [5.41, 5.74) is 4.95. The zero-order valence-corrected chi connectivity index (χ0v) is 6.40. The molecule has 6 nitrogen and oxygen atoms in total. The van der Waals surface area contributed by atoms with Crippen molar-refractivity contribution in [1.82, 2.24) is 5.06 Å². The van der Waals surface area contributed by atoms with Crippen LogP contribution in [-0.4, -0.2) is 34.8 Å². The van der Waals surface area contributed by atoms with Gasteiger partial charge in [0.2, 0.25) is 0 Å². The lowest BCUT2D eigenvalue weighted by molar-refractivity contribution is -0.219. The number of hydrogen-bond donors (Lipinski definition) is 2. The summed E-state index contributed by atoms with van der Waals surface area (Å²) < 4.78 is 0. The van der Waals surface area contributed by atoms with Crippen molar-refractivity contribution in [3.8, 4) is 0 Å². The highest BCUT2D eigenvalue weighted by Crippen LogP contribution is 2.16. The van der Waals surface area contributed by atoms with Gasteiger partial charge in [-0.1, -0.05) is 0 Å². The van der Waals surface area contributed by atoms with E-state index in [1.165, 1.54) is 0 Å². The Hall–Kier alpha value is -1.14. The minimum Gasteiger partial charge on any atom is -0.370 e. The fraction of sp³-hybridized carbons (Fsp3) is 0.667. The Kier molecular flexibility index (Phi) is 2.61. The first-order valence-corrected chi connectivity index (χ1v) is 3.56. The molecule has 1 unspecified atom stereocenters. The lowest BCUT2D eigenvalue weighted by atomic mass is 10.4. The van der Waals surface area contributed by atoms with Crippen molar-refractivity contribution >= 4 is 11.9 Å². The van der Waals surface area contributed by atoms with Crippen LogP contribution < -0.4 is 5.73 Å². The molecule has 0 aromatic rings. The van der Waals surface area contributed by atoms with E-state index in [0.717, 1.165) is 0 Å². The van der Waals surface area contributed by atoms with Crippen LogP contribution in [0.15, 0.2) is 0 Å². The topological polar surface area (TPSA) is 92.9 Å². The van der Waals surface area contributed by atoms with Crippen molar-refractivity contribution in [2.75, 3.05) is 6.54 Å². The van der Waals surface area contributed by atoms with Gasteiger partial charge < -0.3 is 15.7 Å². The van der Waals surface area contributed by atoms with Gasteiger partial charge in [-0.3, -0.25) is 4.79 Å². The van der Waals surface area contributed by atoms with Crippen LogP contribution in [-0.2, 0) is 14.4 Å². The maximum absolute atomic E-state index is 10.9. The minimum absolute atomic E-state index is 0.193. The van der Waals surface area contributed by atoms with E-state index in [1.54, 1.807) is 0 Å². The van der Waals surface area contributed by atoms with Gasteiger partial charge in [-0.05, 0) is 0 Å². The molecule has 0 saturated carbocycles. The maximum atomic E-state index is 10.9. The predicted molar refractivity (Wildman–Crippen MR) is 37.2 cm³/mol. The molecule has 68 valence electrons. The summed E-state index contributed by atoms with van der Waals surface area (Å²) in [5, 5.41) is 9.75. The summed E-state index contributed by atoms with van der Waals surface area (Å²) in [6.07, 6.45) is -0.539. The molecule has 0 aromatic carbocycles. The fourth-order valence-corrected chi connectivity index (χ4v) is 0.905. The van der Waals surface area contributed by atoms with Crippen molar-refractivity contribution in [3.63, 3.8) is 0 Å². The molecule has 0 aliphatic carbocycles. The summed E-state index contributed by atoms with van der Waals surface area (Å²) in [6.45, 7) is -0.309. The molecule has 1 heterocycles. The molecule has 0 bridgehead atoms. The number of hydrogen-bond acceptors (Lipinski definition) is 5. The summed E-state index contributed by atoms with van der Waals surface area (Å²) in [7, 11) is 0. The molecule has 0 aromatic heterocycles. The van der Waals surface area contributed by atoms with Gasteiger partial charge in [0.15, 0.2) is 6.23 Å². The second kappa shape index (κ2) is 3.51. The Morgan fingerprint density at radius 2 is 2.50 bits per heavy atom. The second-order valence-corrected chi connectivity index (χ2v) is 2.41. The first-order valence-electron chi connectivity index (χ1n) is 3.56. The molecule has 1 rings (SSSR count). The van der Waals surface area contributed by atoms with Crippen LogP contribution >= 0.6 is 0 Å². The standard InChI is InChI=1S/C6H10N2O4/c7-3-6(11)12-8-4(9)1-2-5(8)10/h4,9H,1-3,7H2. The van der Waals surface area contributed by atoms with Gasteiger partial charge in [0.05, 0.1) is 6.54 Å². The van der Waals surface area contributed by atoms with Crippen LogP contribution in [0.4, 0.5) is 0 Å². The van der Waals surface area contributed by atoms with Gasteiger partial charge in [-0.2, -0.15) is 0 Å². The van der Waals surface area contributed by atoms with E-state index in [2.05, 4.69) is 4.84 Å². The van der Waals surface area contributed by atoms with Crippen molar-refractivity contribution in [1.29, 1.82) is 0 Å². The second-order valence-electron chi connectivity index (χ2n) is 2.41. The number of hydroxylamine groups is 2. The van der Waals surface area contributed by atoms with Crippen LogP contribution in [0.1, 0.15) is 12.8 Å². The van der Waals surface area contributed by atoms with Crippen molar-refractivity contribution in [3.05, 3.63) is 0 Å².